The fraction of sp³-hybridized carbons (Fsp3) is 0.231. The third-order valence-electron chi connectivity index (χ3n) is 2.87. The summed E-state index contributed by atoms with van der Waals surface area (Å²) in [4.78, 5) is 25.7. The van der Waals surface area contributed by atoms with Gasteiger partial charge in [0.1, 0.15) is 10.3 Å². The van der Waals surface area contributed by atoms with Crippen molar-refractivity contribution >= 4 is 40.6 Å². The summed E-state index contributed by atoms with van der Waals surface area (Å²) in [5.41, 5.74) is 0.624. The molecule has 1 saturated heterocycles. The molecule has 1 aliphatic rings. The zero-order valence-corrected chi connectivity index (χ0v) is 12.3. The zero-order chi connectivity index (χ0) is 14.1. The van der Waals surface area contributed by atoms with E-state index in [0.717, 1.165) is 9.35 Å². The predicted molar refractivity (Wildman–Crippen MR) is 77.8 cm³/mol. The van der Waals surface area contributed by atoms with Gasteiger partial charge in [-0.05, 0) is 19.1 Å². The van der Waals surface area contributed by atoms with Crippen LogP contribution in [-0.2, 0) is 9.59 Å². The third-order valence-corrected chi connectivity index (χ3v) is 4.98. The lowest BCUT2D eigenvalue weighted by molar-refractivity contribution is -0.121. The molecule has 0 N–H and O–H groups in total. The minimum atomic E-state index is -0.407. The van der Waals surface area contributed by atoms with Crippen LogP contribution in [0.15, 0.2) is 34.7 Å². The predicted octanol–water partition coefficient (Wildman–Crippen LogP) is 2.27. The first kappa shape index (κ1) is 13.3. The van der Waals surface area contributed by atoms with E-state index in [4.69, 9.17) is 0 Å². The van der Waals surface area contributed by atoms with Crippen LogP contribution >= 0.6 is 23.1 Å². The fourth-order valence-corrected chi connectivity index (χ4v) is 4.07. The Kier molecular flexibility index (Phi) is 3.54. The van der Waals surface area contributed by atoms with Crippen LogP contribution < -0.4 is 4.90 Å². The molecular weight excluding hydrogens is 294 g/mol. The maximum absolute atomic E-state index is 12.4. The molecule has 1 fully saturated rings. The second-order valence-corrected chi connectivity index (χ2v) is 6.93. The Bertz CT molecular complexity index is 657. The summed E-state index contributed by atoms with van der Waals surface area (Å²) >= 11 is 2.75. The van der Waals surface area contributed by atoms with Crippen LogP contribution in [0.5, 0.6) is 0 Å². The highest BCUT2D eigenvalue weighted by atomic mass is 32.2. The molecule has 2 amide bonds. The molecule has 3 rings (SSSR count). The van der Waals surface area contributed by atoms with Gasteiger partial charge in [-0.3, -0.25) is 9.59 Å². The number of anilines is 1. The molecule has 102 valence electrons. The van der Waals surface area contributed by atoms with Crippen molar-refractivity contribution in [1.82, 2.24) is 10.2 Å². The zero-order valence-electron chi connectivity index (χ0n) is 10.6. The van der Waals surface area contributed by atoms with Crippen LogP contribution in [-0.4, -0.2) is 27.3 Å². The van der Waals surface area contributed by atoms with E-state index in [-0.39, 0.29) is 18.2 Å². The Hall–Kier alpha value is -1.73. The second-order valence-electron chi connectivity index (χ2n) is 4.30. The molecule has 0 spiro atoms. The number of hydrogen-bond donors (Lipinski definition) is 0. The number of nitrogens with zero attached hydrogens (tertiary/aromatic N) is 3. The normalized spacial score (nSPS) is 18.9. The largest absolute Gasteiger partial charge is 0.274 e. The van der Waals surface area contributed by atoms with Gasteiger partial charge in [-0.2, -0.15) is 0 Å². The fourth-order valence-electron chi connectivity index (χ4n) is 1.99. The number of aromatic nitrogens is 2. The Morgan fingerprint density at radius 2 is 2.00 bits per heavy atom. The number of thioether (sulfide) groups is 1. The highest BCUT2D eigenvalue weighted by Gasteiger charge is 2.40. The van der Waals surface area contributed by atoms with Gasteiger partial charge < -0.3 is 0 Å². The molecule has 5 nitrogen and oxygen atoms in total. The monoisotopic (exact) mass is 305 g/mol. The minimum absolute atomic E-state index is 0.167. The van der Waals surface area contributed by atoms with Gasteiger partial charge in [0.05, 0.1) is 5.69 Å². The Balaban J connectivity index is 1.80. The standard InChI is InChI=1S/C13H11N3O2S2/c1-8-14-15-13(19-8)20-10-7-11(17)16(12(10)18)9-5-3-2-4-6-9/h2-6,10H,7H2,1H3/t10-/m1/s1. The number of aryl methyl sites for hydroxylation is 1. The van der Waals surface area contributed by atoms with Gasteiger partial charge in [-0.15, -0.1) is 10.2 Å². The van der Waals surface area contributed by atoms with Crippen molar-refractivity contribution in [3.63, 3.8) is 0 Å². The quantitative estimate of drug-likeness (QED) is 0.814. The van der Waals surface area contributed by atoms with E-state index >= 15 is 0 Å². The van der Waals surface area contributed by atoms with Crippen molar-refractivity contribution < 1.29 is 9.59 Å². The summed E-state index contributed by atoms with van der Waals surface area (Å²) in [6.45, 7) is 1.86. The molecule has 20 heavy (non-hydrogen) atoms. The van der Waals surface area contributed by atoms with E-state index in [1.54, 1.807) is 12.1 Å². The van der Waals surface area contributed by atoms with Crippen molar-refractivity contribution in [3.8, 4) is 0 Å². The van der Waals surface area contributed by atoms with Gasteiger partial charge in [0, 0.05) is 6.42 Å². The summed E-state index contributed by atoms with van der Waals surface area (Å²) in [5.74, 6) is -0.348. The topological polar surface area (TPSA) is 63.2 Å². The van der Waals surface area contributed by atoms with E-state index < -0.39 is 5.25 Å². The molecule has 0 unspecified atom stereocenters. The third kappa shape index (κ3) is 2.46. The van der Waals surface area contributed by atoms with E-state index in [2.05, 4.69) is 10.2 Å². The summed E-state index contributed by atoms with van der Waals surface area (Å²) in [7, 11) is 0. The molecular formula is C13H11N3O2S2. The average molecular weight is 305 g/mol. The highest BCUT2D eigenvalue weighted by molar-refractivity contribution is 8.02. The SMILES string of the molecule is Cc1nnc(S[C@@H]2CC(=O)N(c3ccccc3)C2=O)s1. The first-order chi connectivity index (χ1) is 9.65. The number of hydrogen-bond acceptors (Lipinski definition) is 6. The number of para-hydroxylation sites is 1. The van der Waals surface area contributed by atoms with Crippen molar-refractivity contribution in [1.29, 1.82) is 0 Å². The maximum atomic E-state index is 12.4. The van der Waals surface area contributed by atoms with Gasteiger partial charge in [0.25, 0.3) is 0 Å². The van der Waals surface area contributed by atoms with Gasteiger partial charge in [-0.1, -0.05) is 41.3 Å². The van der Waals surface area contributed by atoms with Gasteiger partial charge in [0.2, 0.25) is 11.8 Å². The number of amides is 2. The average Bonchev–Trinajstić information content (AvgIpc) is 2.96. The van der Waals surface area contributed by atoms with Gasteiger partial charge in [-0.25, -0.2) is 4.90 Å². The van der Waals surface area contributed by atoms with Crippen molar-refractivity contribution in [2.75, 3.05) is 4.90 Å². The molecule has 1 aromatic carbocycles. The first-order valence-electron chi connectivity index (χ1n) is 6.04. The Morgan fingerprint density at radius 1 is 1.25 bits per heavy atom. The van der Waals surface area contributed by atoms with E-state index in [9.17, 15) is 9.59 Å². The van der Waals surface area contributed by atoms with E-state index in [1.165, 1.54) is 28.0 Å². The Morgan fingerprint density at radius 3 is 2.65 bits per heavy atom. The van der Waals surface area contributed by atoms with Crippen molar-refractivity contribution in [3.05, 3.63) is 35.3 Å². The summed E-state index contributed by atoms with van der Waals surface area (Å²) in [5, 5.41) is 8.35. The van der Waals surface area contributed by atoms with Crippen molar-refractivity contribution in [2.24, 2.45) is 0 Å². The summed E-state index contributed by atoms with van der Waals surface area (Å²) in [6.07, 6.45) is 0.205. The van der Waals surface area contributed by atoms with Crippen LogP contribution in [0.25, 0.3) is 0 Å². The molecule has 7 heteroatoms. The second kappa shape index (κ2) is 5.34. The maximum Gasteiger partial charge on any atom is 0.247 e. The number of imide groups is 1. The smallest absolute Gasteiger partial charge is 0.247 e. The number of carbonyl (C=O) groups excluding carboxylic acids is 2. The van der Waals surface area contributed by atoms with E-state index in [0.29, 0.717) is 5.69 Å². The lowest BCUT2D eigenvalue weighted by atomic mass is 10.3. The number of carbonyl (C=O) groups is 2. The molecule has 1 atom stereocenters. The number of rotatable bonds is 3. The van der Waals surface area contributed by atoms with Crippen LogP contribution in [0.3, 0.4) is 0 Å². The molecule has 0 aliphatic carbocycles. The van der Waals surface area contributed by atoms with Crippen LogP contribution in [0.1, 0.15) is 11.4 Å². The highest BCUT2D eigenvalue weighted by Crippen LogP contribution is 2.34. The molecule has 1 aromatic heterocycles. The molecule has 1 aliphatic heterocycles. The van der Waals surface area contributed by atoms with Crippen LogP contribution in [0.2, 0.25) is 0 Å². The summed E-state index contributed by atoms with van der Waals surface area (Å²) in [6, 6.07) is 9.00. The lowest BCUT2D eigenvalue weighted by Gasteiger charge is -2.14. The molecule has 0 saturated carbocycles. The van der Waals surface area contributed by atoms with Crippen LogP contribution in [0, 0.1) is 6.92 Å². The van der Waals surface area contributed by atoms with Crippen LogP contribution in [0.4, 0.5) is 5.69 Å². The molecule has 2 heterocycles. The molecule has 2 aromatic rings. The van der Waals surface area contributed by atoms with Gasteiger partial charge in [0.15, 0.2) is 4.34 Å². The lowest BCUT2D eigenvalue weighted by Crippen LogP contribution is -2.30. The molecule has 0 radical (unpaired) electrons. The van der Waals surface area contributed by atoms with Gasteiger partial charge >= 0.3 is 0 Å². The van der Waals surface area contributed by atoms with Crippen molar-refractivity contribution in [2.45, 2.75) is 22.9 Å². The van der Waals surface area contributed by atoms with E-state index in [1.807, 2.05) is 25.1 Å². The minimum Gasteiger partial charge on any atom is -0.274 e. The molecule has 0 bridgehead atoms. The first-order valence-corrected chi connectivity index (χ1v) is 7.73. The number of benzene rings is 1. The summed E-state index contributed by atoms with van der Waals surface area (Å²) < 4.78 is 0.726. The Labute approximate surface area is 124 Å².